The number of nitrogens with zero attached hydrogens (tertiary/aromatic N) is 5. The second-order valence-corrected chi connectivity index (χ2v) is 9.11. The van der Waals surface area contributed by atoms with Gasteiger partial charge in [-0.3, -0.25) is 4.79 Å². The number of benzene rings is 1. The van der Waals surface area contributed by atoms with Gasteiger partial charge in [0.1, 0.15) is 5.82 Å². The molecule has 1 aliphatic carbocycles. The Labute approximate surface area is 187 Å². The molecule has 0 saturated carbocycles. The minimum absolute atomic E-state index is 0.0745. The fraction of sp³-hybridized carbons (Fsp3) is 0.522. The predicted molar refractivity (Wildman–Crippen MR) is 119 cm³/mol. The Bertz CT molecular complexity index is 970. The number of carbonyl (C=O) groups is 1. The molecule has 3 heterocycles. The van der Waals surface area contributed by atoms with Gasteiger partial charge >= 0.3 is 0 Å². The molecule has 0 unspecified atom stereocenters. The molecule has 164 valence electrons. The maximum atomic E-state index is 13.4. The number of halogens is 2. The number of carbonyl (C=O) groups excluding carboxylic acids is 1. The van der Waals surface area contributed by atoms with E-state index in [0.717, 1.165) is 69.1 Å². The summed E-state index contributed by atoms with van der Waals surface area (Å²) in [5.41, 5.74) is 3.39. The van der Waals surface area contributed by atoms with Crippen molar-refractivity contribution in [1.82, 2.24) is 15.1 Å². The van der Waals surface area contributed by atoms with Crippen LogP contribution in [0.4, 0.5) is 15.9 Å². The van der Waals surface area contributed by atoms with Gasteiger partial charge in [-0.05, 0) is 61.9 Å². The van der Waals surface area contributed by atoms with E-state index in [1.165, 1.54) is 18.1 Å². The molecule has 5 rings (SSSR count). The summed E-state index contributed by atoms with van der Waals surface area (Å²) in [7, 11) is 0. The minimum Gasteiger partial charge on any atom is -0.368 e. The van der Waals surface area contributed by atoms with Crippen LogP contribution in [-0.2, 0) is 17.6 Å². The average Bonchev–Trinajstić information content (AvgIpc) is 3.29. The van der Waals surface area contributed by atoms with Gasteiger partial charge in [-0.15, -0.1) is 5.10 Å². The quantitative estimate of drug-likeness (QED) is 0.728. The lowest BCUT2D eigenvalue weighted by atomic mass is 9.95. The maximum Gasteiger partial charge on any atom is 0.225 e. The van der Waals surface area contributed by atoms with Gasteiger partial charge in [0.2, 0.25) is 5.91 Å². The Morgan fingerprint density at radius 3 is 2.48 bits per heavy atom. The summed E-state index contributed by atoms with van der Waals surface area (Å²) >= 11 is 5.92. The molecule has 0 radical (unpaired) electrons. The fourth-order valence-corrected chi connectivity index (χ4v) is 5.13. The molecule has 0 bridgehead atoms. The molecule has 3 aliphatic rings. The molecule has 0 spiro atoms. The van der Waals surface area contributed by atoms with Crippen molar-refractivity contribution in [3.63, 3.8) is 0 Å². The number of anilines is 2. The average molecular weight is 444 g/mol. The predicted octanol–water partition coefficient (Wildman–Crippen LogP) is 3.32. The first-order chi connectivity index (χ1) is 15.1. The summed E-state index contributed by atoms with van der Waals surface area (Å²) in [4.78, 5) is 19.5. The molecule has 1 aromatic carbocycles. The van der Waals surface area contributed by atoms with Gasteiger partial charge in [-0.2, -0.15) is 5.10 Å². The van der Waals surface area contributed by atoms with Gasteiger partial charge in [0, 0.05) is 50.9 Å². The van der Waals surface area contributed by atoms with Gasteiger partial charge in [0.05, 0.1) is 10.7 Å². The molecule has 0 atom stereocenters. The van der Waals surface area contributed by atoms with E-state index in [1.807, 2.05) is 4.90 Å². The summed E-state index contributed by atoms with van der Waals surface area (Å²) in [5.74, 6) is 0.886. The van der Waals surface area contributed by atoms with Crippen molar-refractivity contribution in [3.05, 3.63) is 46.4 Å². The lowest BCUT2D eigenvalue weighted by molar-refractivity contribution is -0.136. The highest BCUT2D eigenvalue weighted by Gasteiger charge is 2.31. The lowest BCUT2D eigenvalue weighted by Gasteiger charge is -2.39. The van der Waals surface area contributed by atoms with Crippen LogP contribution in [0.25, 0.3) is 0 Å². The van der Waals surface area contributed by atoms with E-state index in [-0.39, 0.29) is 16.8 Å². The van der Waals surface area contributed by atoms with Crippen molar-refractivity contribution in [2.24, 2.45) is 5.92 Å². The van der Waals surface area contributed by atoms with E-state index in [9.17, 15) is 9.18 Å². The van der Waals surface area contributed by atoms with Gasteiger partial charge in [-0.25, -0.2) is 4.39 Å². The van der Waals surface area contributed by atoms with Crippen molar-refractivity contribution in [2.45, 2.75) is 32.1 Å². The Morgan fingerprint density at radius 1 is 0.968 bits per heavy atom. The van der Waals surface area contributed by atoms with Crippen LogP contribution in [-0.4, -0.2) is 60.3 Å². The number of amides is 1. The zero-order valence-corrected chi connectivity index (χ0v) is 18.3. The fourth-order valence-electron chi connectivity index (χ4n) is 4.95. The van der Waals surface area contributed by atoms with Crippen LogP contribution in [0.5, 0.6) is 0 Å². The topological polar surface area (TPSA) is 52.6 Å². The number of hydrogen-bond acceptors (Lipinski definition) is 5. The Morgan fingerprint density at radius 2 is 1.74 bits per heavy atom. The Kier molecular flexibility index (Phi) is 5.69. The molecule has 0 N–H and O–H groups in total. The largest absolute Gasteiger partial charge is 0.368 e. The minimum atomic E-state index is -0.406. The van der Waals surface area contributed by atoms with Crippen molar-refractivity contribution >= 4 is 29.0 Å². The number of fused-ring (bicyclic) bond motifs is 1. The van der Waals surface area contributed by atoms with Crippen LogP contribution < -0.4 is 9.80 Å². The first-order valence-electron chi connectivity index (χ1n) is 11.2. The van der Waals surface area contributed by atoms with E-state index >= 15 is 0 Å². The number of piperidine rings is 1. The first kappa shape index (κ1) is 20.5. The highest BCUT2D eigenvalue weighted by Crippen LogP contribution is 2.28. The molecular weight excluding hydrogens is 417 g/mol. The Hall–Kier alpha value is -2.41. The molecule has 8 heteroatoms. The summed E-state index contributed by atoms with van der Waals surface area (Å²) in [6, 6.07) is 7.00. The summed E-state index contributed by atoms with van der Waals surface area (Å²) < 4.78 is 13.4. The van der Waals surface area contributed by atoms with Crippen molar-refractivity contribution in [1.29, 1.82) is 0 Å². The van der Waals surface area contributed by atoms with Crippen LogP contribution in [0.2, 0.25) is 5.02 Å². The number of hydrogen-bond donors (Lipinski definition) is 0. The van der Waals surface area contributed by atoms with E-state index in [2.05, 4.69) is 26.1 Å². The molecule has 2 aromatic rings. The molecule has 31 heavy (non-hydrogen) atoms. The van der Waals surface area contributed by atoms with E-state index < -0.39 is 5.82 Å². The van der Waals surface area contributed by atoms with E-state index in [4.69, 9.17) is 11.6 Å². The van der Waals surface area contributed by atoms with Crippen LogP contribution in [0.1, 0.15) is 30.5 Å². The molecule has 6 nitrogen and oxygen atoms in total. The second kappa shape index (κ2) is 8.61. The number of rotatable bonds is 3. The van der Waals surface area contributed by atoms with Crippen LogP contribution in [0.3, 0.4) is 0 Å². The molecule has 2 aliphatic heterocycles. The molecule has 2 fully saturated rings. The number of aryl methyl sites for hydroxylation is 2. The summed E-state index contributed by atoms with van der Waals surface area (Å²) in [5, 5.41) is 8.96. The molecule has 2 saturated heterocycles. The number of aromatic nitrogens is 2. The van der Waals surface area contributed by atoms with Gasteiger partial charge in [0.25, 0.3) is 0 Å². The third-order valence-corrected chi connectivity index (χ3v) is 7.12. The van der Waals surface area contributed by atoms with Gasteiger partial charge < -0.3 is 14.7 Å². The highest BCUT2D eigenvalue weighted by molar-refractivity contribution is 6.31. The third-order valence-electron chi connectivity index (χ3n) is 6.83. The second-order valence-electron chi connectivity index (χ2n) is 8.70. The smallest absolute Gasteiger partial charge is 0.225 e. The monoisotopic (exact) mass is 443 g/mol. The normalized spacial score (nSPS) is 19.6. The first-order valence-corrected chi connectivity index (χ1v) is 11.6. The third kappa shape index (κ3) is 4.20. The van der Waals surface area contributed by atoms with Crippen molar-refractivity contribution < 1.29 is 9.18 Å². The van der Waals surface area contributed by atoms with E-state index in [1.54, 1.807) is 12.1 Å². The SMILES string of the molecule is O=C(C1CCN(c2cc3c(nn2)CCC3)CC1)N1CCN(c2ccc(F)c(Cl)c2)CC1. The zero-order valence-electron chi connectivity index (χ0n) is 17.6. The summed E-state index contributed by atoms with van der Waals surface area (Å²) in [6.45, 7) is 4.53. The van der Waals surface area contributed by atoms with Crippen LogP contribution in [0.15, 0.2) is 24.3 Å². The van der Waals surface area contributed by atoms with Crippen LogP contribution >= 0.6 is 11.6 Å². The highest BCUT2D eigenvalue weighted by atomic mass is 35.5. The summed E-state index contributed by atoms with van der Waals surface area (Å²) in [6.07, 6.45) is 5.02. The molecule has 1 amide bonds. The lowest BCUT2D eigenvalue weighted by Crippen LogP contribution is -2.51. The standard InChI is InChI=1S/C23H27ClFN5O/c24-19-15-18(4-5-20(19)25)28-10-12-30(13-11-28)23(31)16-6-8-29(9-7-16)22-14-17-2-1-3-21(17)26-27-22/h4-5,14-16H,1-3,6-13H2. The van der Waals surface area contributed by atoms with Crippen LogP contribution in [0, 0.1) is 11.7 Å². The molecule has 1 aromatic heterocycles. The van der Waals surface area contributed by atoms with E-state index in [0.29, 0.717) is 13.1 Å². The zero-order chi connectivity index (χ0) is 21.4. The Balaban J connectivity index is 1.14. The van der Waals surface area contributed by atoms with Crippen molar-refractivity contribution in [3.8, 4) is 0 Å². The number of piperazine rings is 1. The van der Waals surface area contributed by atoms with Gasteiger partial charge in [-0.1, -0.05) is 11.6 Å². The maximum absolute atomic E-state index is 13.4. The molecular formula is C23H27ClFN5O. The van der Waals surface area contributed by atoms with Gasteiger partial charge in [0.15, 0.2) is 5.82 Å². The van der Waals surface area contributed by atoms with Crippen molar-refractivity contribution in [2.75, 3.05) is 49.1 Å².